The van der Waals surface area contributed by atoms with E-state index in [-0.39, 0.29) is 11.9 Å². The van der Waals surface area contributed by atoms with Gasteiger partial charge in [0.1, 0.15) is 5.75 Å². The van der Waals surface area contributed by atoms with Crippen molar-refractivity contribution in [3.05, 3.63) is 83.7 Å². The van der Waals surface area contributed by atoms with Crippen molar-refractivity contribution in [2.24, 2.45) is 5.92 Å². The summed E-state index contributed by atoms with van der Waals surface area (Å²) in [6, 6.07) is 13.2. The van der Waals surface area contributed by atoms with Crippen molar-refractivity contribution in [2.45, 2.75) is 32.8 Å². The third-order valence-corrected chi connectivity index (χ3v) is 4.92. The van der Waals surface area contributed by atoms with Crippen LogP contribution in [0, 0.1) is 5.92 Å². The van der Waals surface area contributed by atoms with E-state index in [2.05, 4.69) is 37.6 Å². The van der Waals surface area contributed by atoms with Crippen molar-refractivity contribution in [1.29, 1.82) is 0 Å². The van der Waals surface area contributed by atoms with Crippen molar-refractivity contribution in [3.63, 3.8) is 0 Å². The molecule has 2 aromatic rings. The molecule has 2 heterocycles. The normalized spacial score (nSPS) is 17.2. The molecule has 140 valence electrons. The zero-order chi connectivity index (χ0) is 19.2. The lowest BCUT2D eigenvalue weighted by Crippen LogP contribution is -2.13. The maximum Gasteiger partial charge on any atom is 0.115 e. The molecular weight excluding hydrogens is 334 g/mol. The van der Waals surface area contributed by atoms with E-state index in [0.29, 0.717) is 12.5 Å². The first-order chi connectivity index (χ1) is 13.0. The van der Waals surface area contributed by atoms with Crippen LogP contribution in [0.25, 0.3) is 11.6 Å². The van der Waals surface area contributed by atoms with Gasteiger partial charge in [-0.2, -0.15) is 0 Å². The third kappa shape index (κ3) is 4.95. The maximum atomic E-state index is 9.52. The lowest BCUT2D eigenvalue weighted by atomic mass is 9.90. The zero-order valence-electron chi connectivity index (χ0n) is 16.1. The Balaban J connectivity index is 1.79. The Kier molecular flexibility index (Phi) is 6.25. The number of aromatic nitrogens is 1. The van der Waals surface area contributed by atoms with Crippen molar-refractivity contribution in [1.82, 2.24) is 4.98 Å². The standard InChI is InChI=1S/C24H27NO2/c1-17(2)18(3)22-13-15-27-24(22)12-9-20(23-6-4-5-14-25-23)16-19-7-10-21(26)11-8-19/h4-8,10-11,13-14,16-17,24,26H,3,9,12,15H2,1-2H3/b20-16-. The summed E-state index contributed by atoms with van der Waals surface area (Å²) >= 11 is 0. The molecule has 1 aromatic heterocycles. The van der Waals surface area contributed by atoms with Gasteiger partial charge in [0.05, 0.1) is 18.4 Å². The first-order valence-corrected chi connectivity index (χ1v) is 9.46. The minimum absolute atomic E-state index is 0.0897. The molecule has 0 saturated heterocycles. The SMILES string of the molecule is C=C(C1=CCOC1CC/C(=C/c1ccc(O)cc1)c1ccccn1)C(C)C. The van der Waals surface area contributed by atoms with E-state index in [9.17, 15) is 5.11 Å². The number of benzene rings is 1. The Hall–Kier alpha value is -2.65. The Morgan fingerprint density at radius 2 is 2.04 bits per heavy atom. The van der Waals surface area contributed by atoms with Gasteiger partial charge < -0.3 is 9.84 Å². The van der Waals surface area contributed by atoms with Gasteiger partial charge in [-0.3, -0.25) is 4.98 Å². The smallest absolute Gasteiger partial charge is 0.115 e. The van der Waals surface area contributed by atoms with Gasteiger partial charge in [-0.05, 0) is 71.4 Å². The van der Waals surface area contributed by atoms with Crippen LogP contribution >= 0.6 is 0 Å². The molecule has 0 saturated carbocycles. The molecule has 0 aliphatic carbocycles. The molecule has 1 unspecified atom stereocenters. The Bertz CT molecular complexity index is 832. The molecule has 0 spiro atoms. The second-order valence-electron chi connectivity index (χ2n) is 7.18. The van der Waals surface area contributed by atoms with E-state index >= 15 is 0 Å². The van der Waals surface area contributed by atoms with Crippen LogP contribution in [0.15, 0.2) is 72.5 Å². The topological polar surface area (TPSA) is 42.4 Å². The first kappa shape index (κ1) is 19.1. The quantitative estimate of drug-likeness (QED) is 0.693. The van der Waals surface area contributed by atoms with Crippen molar-refractivity contribution in [2.75, 3.05) is 6.61 Å². The highest BCUT2D eigenvalue weighted by atomic mass is 16.5. The van der Waals surface area contributed by atoms with Crippen molar-refractivity contribution < 1.29 is 9.84 Å². The number of pyridine rings is 1. The average Bonchev–Trinajstić information content (AvgIpc) is 3.15. The Labute approximate surface area is 161 Å². The first-order valence-electron chi connectivity index (χ1n) is 9.46. The summed E-state index contributed by atoms with van der Waals surface area (Å²) in [7, 11) is 0. The van der Waals surface area contributed by atoms with Gasteiger partial charge in [0.2, 0.25) is 0 Å². The van der Waals surface area contributed by atoms with Crippen LogP contribution in [-0.2, 0) is 4.74 Å². The predicted octanol–water partition coefficient (Wildman–Crippen LogP) is 5.65. The highest BCUT2D eigenvalue weighted by molar-refractivity contribution is 5.80. The van der Waals surface area contributed by atoms with E-state index < -0.39 is 0 Å². The fraction of sp³-hybridized carbons (Fsp3) is 0.292. The van der Waals surface area contributed by atoms with Crippen LogP contribution in [0.3, 0.4) is 0 Å². The van der Waals surface area contributed by atoms with Gasteiger partial charge in [-0.25, -0.2) is 0 Å². The summed E-state index contributed by atoms with van der Waals surface area (Å²) in [6.45, 7) is 9.25. The van der Waals surface area contributed by atoms with Gasteiger partial charge in [0.15, 0.2) is 0 Å². The summed E-state index contributed by atoms with van der Waals surface area (Å²) in [5, 5.41) is 9.52. The highest BCUT2D eigenvalue weighted by Gasteiger charge is 2.23. The van der Waals surface area contributed by atoms with Crippen LogP contribution in [0.2, 0.25) is 0 Å². The number of hydrogen-bond donors (Lipinski definition) is 1. The third-order valence-electron chi connectivity index (χ3n) is 4.92. The van der Waals surface area contributed by atoms with E-state index in [1.807, 2.05) is 36.5 Å². The number of phenols is 1. The second kappa shape index (κ2) is 8.83. The summed E-state index contributed by atoms with van der Waals surface area (Å²) in [4.78, 5) is 4.53. The monoisotopic (exact) mass is 361 g/mol. The predicted molar refractivity (Wildman–Crippen MR) is 111 cm³/mol. The number of nitrogens with zero attached hydrogens (tertiary/aromatic N) is 1. The number of allylic oxidation sites excluding steroid dienone is 1. The van der Waals surface area contributed by atoms with E-state index in [4.69, 9.17) is 4.74 Å². The maximum absolute atomic E-state index is 9.52. The molecule has 0 amide bonds. The van der Waals surface area contributed by atoms with Crippen LogP contribution in [-0.4, -0.2) is 22.8 Å². The zero-order valence-corrected chi connectivity index (χ0v) is 16.1. The van der Waals surface area contributed by atoms with E-state index in [1.54, 1.807) is 12.1 Å². The van der Waals surface area contributed by atoms with Crippen LogP contribution in [0.1, 0.15) is 37.9 Å². The number of phenolic OH excluding ortho intramolecular Hbond substituents is 1. The summed E-state index contributed by atoms with van der Waals surface area (Å²) < 4.78 is 5.95. The molecule has 3 rings (SSSR count). The van der Waals surface area contributed by atoms with E-state index in [0.717, 1.165) is 29.7 Å². The fourth-order valence-electron chi connectivity index (χ4n) is 3.27. The van der Waals surface area contributed by atoms with Crippen LogP contribution < -0.4 is 0 Å². The number of ether oxygens (including phenoxy) is 1. The van der Waals surface area contributed by atoms with Crippen LogP contribution in [0.5, 0.6) is 5.75 Å². The Morgan fingerprint density at radius 3 is 2.70 bits per heavy atom. The van der Waals surface area contributed by atoms with Gasteiger partial charge in [0, 0.05) is 6.20 Å². The van der Waals surface area contributed by atoms with Crippen LogP contribution in [0.4, 0.5) is 0 Å². The molecule has 3 nitrogen and oxygen atoms in total. The lowest BCUT2D eigenvalue weighted by Gasteiger charge is -2.19. The highest BCUT2D eigenvalue weighted by Crippen LogP contribution is 2.32. The molecule has 1 aliphatic rings. The fourth-order valence-corrected chi connectivity index (χ4v) is 3.27. The molecule has 1 aromatic carbocycles. The number of rotatable bonds is 7. The minimum Gasteiger partial charge on any atom is -0.508 e. The molecule has 1 atom stereocenters. The molecule has 0 bridgehead atoms. The van der Waals surface area contributed by atoms with Gasteiger partial charge in [0.25, 0.3) is 0 Å². The molecule has 27 heavy (non-hydrogen) atoms. The van der Waals surface area contributed by atoms with Gasteiger partial charge >= 0.3 is 0 Å². The molecule has 0 fully saturated rings. The van der Waals surface area contributed by atoms with E-state index in [1.165, 1.54) is 11.1 Å². The number of hydrogen-bond acceptors (Lipinski definition) is 3. The molecule has 1 N–H and O–H groups in total. The molecule has 1 aliphatic heterocycles. The number of aromatic hydroxyl groups is 1. The summed E-state index contributed by atoms with van der Waals surface area (Å²) in [6.07, 6.45) is 7.95. The van der Waals surface area contributed by atoms with Crippen molar-refractivity contribution >= 4 is 11.6 Å². The minimum atomic E-state index is 0.0897. The largest absolute Gasteiger partial charge is 0.508 e. The lowest BCUT2D eigenvalue weighted by molar-refractivity contribution is 0.117. The van der Waals surface area contributed by atoms with Gasteiger partial charge in [-0.1, -0.05) is 44.7 Å². The van der Waals surface area contributed by atoms with Gasteiger partial charge in [-0.15, -0.1) is 0 Å². The summed E-state index contributed by atoms with van der Waals surface area (Å²) in [5.41, 5.74) is 5.58. The molecule has 3 heteroatoms. The Morgan fingerprint density at radius 1 is 1.26 bits per heavy atom. The molecular formula is C24H27NO2. The second-order valence-corrected chi connectivity index (χ2v) is 7.18. The van der Waals surface area contributed by atoms with Crippen molar-refractivity contribution in [3.8, 4) is 5.75 Å². The summed E-state index contributed by atoms with van der Waals surface area (Å²) in [5.74, 6) is 0.691. The molecule has 0 radical (unpaired) electrons. The average molecular weight is 361 g/mol.